The SMILES string of the molecule is CCOc1ccc(NC(=S)NC(C)COc2ccc(OC)cc2)cc1. The minimum absolute atomic E-state index is 0.0600. The molecule has 2 aromatic carbocycles. The van der Waals surface area contributed by atoms with E-state index in [9.17, 15) is 0 Å². The molecule has 0 radical (unpaired) electrons. The Labute approximate surface area is 154 Å². The molecular formula is C19H24N2O3S. The Morgan fingerprint density at radius 3 is 2.12 bits per heavy atom. The zero-order valence-corrected chi connectivity index (χ0v) is 15.6. The van der Waals surface area contributed by atoms with Gasteiger partial charge < -0.3 is 24.8 Å². The van der Waals surface area contributed by atoms with Gasteiger partial charge in [-0.3, -0.25) is 0 Å². The molecule has 0 aliphatic heterocycles. The van der Waals surface area contributed by atoms with Crippen LogP contribution in [0.25, 0.3) is 0 Å². The second-order valence-electron chi connectivity index (χ2n) is 5.44. The minimum Gasteiger partial charge on any atom is -0.497 e. The topological polar surface area (TPSA) is 51.8 Å². The number of benzene rings is 2. The zero-order chi connectivity index (χ0) is 18.1. The molecule has 0 fully saturated rings. The van der Waals surface area contributed by atoms with Crippen molar-refractivity contribution in [3.05, 3.63) is 48.5 Å². The van der Waals surface area contributed by atoms with Gasteiger partial charge in [-0.15, -0.1) is 0 Å². The zero-order valence-electron chi connectivity index (χ0n) is 14.7. The fraction of sp³-hybridized carbons (Fsp3) is 0.316. The molecule has 0 aliphatic rings. The molecule has 1 unspecified atom stereocenters. The molecule has 0 amide bonds. The van der Waals surface area contributed by atoms with Crippen LogP contribution in [0.4, 0.5) is 5.69 Å². The van der Waals surface area contributed by atoms with Gasteiger partial charge in [0.2, 0.25) is 0 Å². The number of nitrogens with one attached hydrogen (secondary N) is 2. The van der Waals surface area contributed by atoms with E-state index >= 15 is 0 Å². The average Bonchev–Trinajstić information content (AvgIpc) is 2.62. The molecule has 1 atom stereocenters. The van der Waals surface area contributed by atoms with Gasteiger partial charge >= 0.3 is 0 Å². The highest BCUT2D eigenvalue weighted by Crippen LogP contribution is 2.17. The van der Waals surface area contributed by atoms with E-state index in [0.717, 1.165) is 22.9 Å². The summed E-state index contributed by atoms with van der Waals surface area (Å²) in [4.78, 5) is 0. The predicted molar refractivity (Wildman–Crippen MR) is 105 cm³/mol. The number of anilines is 1. The molecule has 0 saturated heterocycles. The van der Waals surface area contributed by atoms with Gasteiger partial charge in [0.15, 0.2) is 5.11 Å². The maximum atomic E-state index is 5.74. The molecule has 25 heavy (non-hydrogen) atoms. The Bertz CT molecular complexity index is 659. The third kappa shape index (κ3) is 6.51. The van der Waals surface area contributed by atoms with E-state index in [2.05, 4.69) is 10.6 Å². The van der Waals surface area contributed by atoms with Crippen molar-refractivity contribution < 1.29 is 14.2 Å². The van der Waals surface area contributed by atoms with Crippen LogP contribution in [0.3, 0.4) is 0 Å². The van der Waals surface area contributed by atoms with E-state index in [1.54, 1.807) is 7.11 Å². The molecule has 2 N–H and O–H groups in total. The summed E-state index contributed by atoms with van der Waals surface area (Å²) in [7, 11) is 1.64. The highest BCUT2D eigenvalue weighted by atomic mass is 32.1. The van der Waals surface area contributed by atoms with Crippen molar-refractivity contribution in [2.45, 2.75) is 19.9 Å². The summed E-state index contributed by atoms with van der Waals surface area (Å²) in [5.41, 5.74) is 0.907. The van der Waals surface area contributed by atoms with E-state index < -0.39 is 0 Å². The van der Waals surface area contributed by atoms with Crippen molar-refractivity contribution in [3.63, 3.8) is 0 Å². The van der Waals surface area contributed by atoms with Crippen LogP contribution in [0.15, 0.2) is 48.5 Å². The summed E-state index contributed by atoms with van der Waals surface area (Å²) in [6, 6.07) is 15.2. The average molecular weight is 360 g/mol. The van der Waals surface area contributed by atoms with Gasteiger partial charge in [0.1, 0.15) is 23.9 Å². The summed E-state index contributed by atoms with van der Waals surface area (Å²) in [6.07, 6.45) is 0. The molecule has 0 spiro atoms. The molecule has 5 nitrogen and oxygen atoms in total. The molecule has 0 aliphatic carbocycles. The highest BCUT2D eigenvalue weighted by Gasteiger charge is 2.06. The van der Waals surface area contributed by atoms with Crippen molar-refractivity contribution in [2.75, 3.05) is 25.6 Å². The van der Waals surface area contributed by atoms with Crippen LogP contribution in [-0.4, -0.2) is 31.5 Å². The van der Waals surface area contributed by atoms with E-state index in [0.29, 0.717) is 18.3 Å². The van der Waals surface area contributed by atoms with Crippen molar-refractivity contribution >= 4 is 23.0 Å². The lowest BCUT2D eigenvalue weighted by molar-refractivity contribution is 0.286. The largest absolute Gasteiger partial charge is 0.497 e. The summed E-state index contributed by atoms with van der Waals surface area (Å²) in [5, 5.41) is 6.90. The Morgan fingerprint density at radius 1 is 0.960 bits per heavy atom. The van der Waals surface area contributed by atoms with Crippen molar-refractivity contribution in [1.82, 2.24) is 5.32 Å². The second-order valence-corrected chi connectivity index (χ2v) is 5.85. The normalized spacial score (nSPS) is 11.3. The first-order valence-electron chi connectivity index (χ1n) is 8.18. The predicted octanol–water partition coefficient (Wildman–Crippen LogP) is 3.85. The molecule has 0 aromatic heterocycles. The standard InChI is InChI=1S/C19H24N2O3S/c1-4-23-17-7-5-15(6-8-17)21-19(25)20-14(2)13-24-18-11-9-16(22-3)10-12-18/h5-12,14H,4,13H2,1-3H3,(H2,20,21,25). The monoisotopic (exact) mass is 360 g/mol. The lowest BCUT2D eigenvalue weighted by Crippen LogP contribution is -2.39. The molecule has 6 heteroatoms. The fourth-order valence-electron chi connectivity index (χ4n) is 2.13. The minimum atomic E-state index is 0.0600. The maximum Gasteiger partial charge on any atom is 0.171 e. The van der Waals surface area contributed by atoms with Gasteiger partial charge in [0, 0.05) is 5.69 Å². The third-order valence-electron chi connectivity index (χ3n) is 3.36. The number of thiocarbonyl (C=S) groups is 1. The first-order chi connectivity index (χ1) is 12.1. The Balaban J connectivity index is 1.75. The van der Waals surface area contributed by atoms with Crippen molar-refractivity contribution in [2.24, 2.45) is 0 Å². The maximum absolute atomic E-state index is 5.74. The summed E-state index contributed by atoms with van der Waals surface area (Å²) in [5.74, 6) is 2.44. The van der Waals surface area contributed by atoms with E-state index in [-0.39, 0.29) is 6.04 Å². The summed E-state index contributed by atoms with van der Waals surface area (Å²) in [6.45, 7) is 5.12. The first kappa shape index (κ1) is 18.9. The van der Waals surface area contributed by atoms with Crippen LogP contribution >= 0.6 is 12.2 Å². The van der Waals surface area contributed by atoms with Gasteiger partial charge in [-0.25, -0.2) is 0 Å². The molecule has 0 saturated carbocycles. The van der Waals surface area contributed by atoms with E-state index in [1.165, 1.54) is 0 Å². The molecular weight excluding hydrogens is 336 g/mol. The van der Waals surface area contributed by atoms with E-state index in [4.69, 9.17) is 26.4 Å². The number of hydrogen-bond donors (Lipinski definition) is 2. The summed E-state index contributed by atoms with van der Waals surface area (Å²) < 4.78 is 16.3. The van der Waals surface area contributed by atoms with Crippen LogP contribution in [-0.2, 0) is 0 Å². The summed E-state index contributed by atoms with van der Waals surface area (Å²) >= 11 is 5.33. The molecule has 2 aromatic rings. The number of rotatable bonds is 8. The van der Waals surface area contributed by atoms with Crippen molar-refractivity contribution in [3.8, 4) is 17.2 Å². The van der Waals surface area contributed by atoms with Crippen LogP contribution in [0.5, 0.6) is 17.2 Å². The first-order valence-corrected chi connectivity index (χ1v) is 8.58. The molecule has 2 rings (SSSR count). The number of methoxy groups -OCH3 is 1. The van der Waals surface area contributed by atoms with Crippen LogP contribution in [0.1, 0.15) is 13.8 Å². The number of hydrogen-bond acceptors (Lipinski definition) is 4. The Kier molecular flexibility index (Phi) is 7.35. The highest BCUT2D eigenvalue weighted by molar-refractivity contribution is 7.80. The molecule has 0 bridgehead atoms. The molecule has 134 valence electrons. The quantitative estimate of drug-likeness (QED) is 0.698. The van der Waals surface area contributed by atoms with Gasteiger partial charge in [-0.05, 0) is 74.6 Å². The number of ether oxygens (including phenoxy) is 3. The van der Waals surface area contributed by atoms with Crippen molar-refractivity contribution in [1.29, 1.82) is 0 Å². The molecule has 0 heterocycles. The van der Waals surface area contributed by atoms with Gasteiger partial charge in [0.05, 0.1) is 19.8 Å². The second kappa shape index (κ2) is 9.74. The van der Waals surface area contributed by atoms with Crippen LogP contribution < -0.4 is 24.8 Å². The van der Waals surface area contributed by atoms with E-state index in [1.807, 2.05) is 62.4 Å². The Hall–Kier alpha value is -2.47. The van der Waals surface area contributed by atoms with Crippen LogP contribution in [0, 0.1) is 0 Å². The fourth-order valence-corrected chi connectivity index (χ4v) is 2.45. The van der Waals surface area contributed by atoms with Gasteiger partial charge in [-0.1, -0.05) is 0 Å². The lowest BCUT2D eigenvalue weighted by atomic mass is 10.3. The Morgan fingerprint density at radius 2 is 1.52 bits per heavy atom. The van der Waals surface area contributed by atoms with Gasteiger partial charge in [0.25, 0.3) is 0 Å². The van der Waals surface area contributed by atoms with Gasteiger partial charge in [-0.2, -0.15) is 0 Å². The van der Waals surface area contributed by atoms with Crippen LogP contribution in [0.2, 0.25) is 0 Å². The lowest BCUT2D eigenvalue weighted by Gasteiger charge is -2.18. The third-order valence-corrected chi connectivity index (χ3v) is 3.58. The smallest absolute Gasteiger partial charge is 0.171 e.